The molecule has 1 aromatic rings. The molecule has 3 nitrogen and oxygen atoms in total. The third-order valence-electron chi connectivity index (χ3n) is 3.73. The van der Waals surface area contributed by atoms with Crippen molar-refractivity contribution in [3.63, 3.8) is 0 Å². The smallest absolute Gasteiger partial charge is 0.304 e. The van der Waals surface area contributed by atoms with E-state index in [1.54, 1.807) is 11.3 Å². The molecular formula is C14H21NO2S. The Hall–Kier alpha value is -0.900. The number of nitrogens with zero attached hydrogens (tertiary/aromatic N) is 1. The zero-order chi connectivity index (χ0) is 13.3. The van der Waals surface area contributed by atoms with Crippen LogP contribution in [-0.2, 0) is 10.2 Å². The standard InChI is InChI=1S/C14H21NO2S/c1-9-12(14(2,3)8-11(16)17)18-13(15-9)10-6-4-5-7-10/h10H,4-8H2,1-3H3,(H,16,17). The summed E-state index contributed by atoms with van der Waals surface area (Å²) in [5.74, 6) is -0.127. The van der Waals surface area contributed by atoms with E-state index in [9.17, 15) is 4.79 Å². The van der Waals surface area contributed by atoms with E-state index < -0.39 is 5.97 Å². The number of aromatic nitrogens is 1. The monoisotopic (exact) mass is 267 g/mol. The number of aryl methyl sites for hydroxylation is 1. The molecule has 2 rings (SSSR count). The van der Waals surface area contributed by atoms with Gasteiger partial charge in [-0.1, -0.05) is 26.7 Å². The summed E-state index contributed by atoms with van der Waals surface area (Å²) >= 11 is 1.73. The molecule has 4 heteroatoms. The van der Waals surface area contributed by atoms with E-state index in [0.29, 0.717) is 5.92 Å². The van der Waals surface area contributed by atoms with Gasteiger partial charge in [0.2, 0.25) is 0 Å². The van der Waals surface area contributed by atoms with Crippen LogP contribution in [0.4, 0.5) is 0 Å². The highest BCUT2D eigenvalue weighted by Gasteiger charge is 2.30. The van der Waals surface area contributed by atoms with Crippen LogP contribution in [0, 0.1) is 6.92 Å². The molecule has 0 radical (unpaired) electrons. The van der Waals surface area contributed by atoms with Crippen molar-refractivity contribution in [2.24, 2.45) is 0 Å². The molecule has 0 amide bonds. The van der Waals surface area contributed by atoms with Gasteiger partial charge in [-0.3, -0.25) is 4.79 Å². The fourth-order valence-electron chi connectivity index (χ4n) is 2.85. The molecule has 1 aliphatic carbocycles. The topological polar surface area (TPSA) is 50.2 Å². The van der Waals surface area contributed by atoms with Crippen molar-refractivity contribution in [3.05, 3.63) is 15.6 Å². The zero-order valence-corrected chi connectivity index (χ0v) is 12.1. The second-order valence-corrected chi connectivity index (χ2v) is 6.93. The van der Waals surface area contributed by atoms with Gasteiger partial charge in [0.15, 0.2) is 0 Å². The first-order chi connectivity index (χ1) is 8.40. The summed E-state index contributed by atoms with van der Waals surface area (Å²) in [7, 11) is 0. The maximum absolute atomic E-state index is 10.9. The molecule has 0 atom stereocenters. The summed E-state index contributed by atoms with van der Waals surface area (Å²) in [6.45, 7) is 6.01. The van der Waals surface area contributed by atoms with Crippen LogP contribution in [0.2, 0.25) is 0 Å². The summed E-state index contributed by atoms with van der Waals surface area (Å²) in [6.07, 6.45) is 5.26. The van der Waals surface area contributed by atoms with Gasteiger partial charge in [0.25, 0.3) is 0 Å². The minimum absolute atomic E-state index is 0.167. The largest absolute Gasteiger partial charge is 0.481 e. The highest BCUT2D eigenvalue weighted by molar-refractivity contribution is 7.12. The molecule has 1 aromatic heterocycles. The van der Waals surface area contributed by atoms with Crippen LogP contribution in [-0.4, -0.2) is 16.1 Å². The summed E-state index contributed by atoms with van der Waals surface area (Å²) in [4.78, 5) is 16.8. The fourth-order valence-corrected chi connectivity index (χ4v) is 4.19. The Morgan fingerprint density at radius 3 is 2.61 bits per heavy atom. The molecule has 0 spiro atoms. The van der Waals surface area contributed by atoms with Gasteiger partial charge >= 0.3 is 5.97 Å². The summed E-state index contributed by atoms with van der Waals surface area (Å²) in [6, 6.07) is 0. The quantitative estimate of drug-likeness (QED) is 0.901. The zero-order valence-electron chi connectivity index (χ0n) is 11.3. The third kappa shape index (κ3) is 2.74. The van der Waals surface area contributed by atoms with Crippen LogP contribution in [0.3, 0.4) is 0 Å². The van der Waals surface area contributed by atoms with Crippen molar-refractivity contribution in [1.29, 1.82) is 0 Å². The van der Waals surface area contributed by atoms with Gasteiger partial charge in [-0.25, -0.2) is 4.98 Å². The number of thiazole rings is 1. The van der Waals surface area contributed by atoms with Gasteiger partial charge in [-0.05, 0) is 19.8 Å². The van der Waals surface area contributed by atoms with Gasteiger partial charge in [-0.15, -0.1) is 11.3 Å². The van der Waals surface area contributed by atoms with Gasteiger partial charge in [0.1, 0.15) is 0 Å². The lowest BCUT2D eigenvalue weighted by molar-refractivity contribution is -0.138. The van der Waals surface area contributed by atoms with E-state index >= 15 is 0 Å². The Morgan fingerprint density at radius 1 is 1.44 bits per heavy atom. The fraction of sp³-hybridized carbons (Fsp3) is 0.714. The molecule has 1 saturated carbocycles. The number of carboxylic acid groups (broad SMARTS) is 1. The normalized spacial score (nSPS) is 17.3. The van der Waals surface area contributed by atoms with Crippen LogP contribution in [0.5, 0.6) is 0 Å². The van der Waals surface area contributed by atoms with E-state index in [0.717, 1.165) is 10.6 Å². The van der Waals surface area contributed by atoms with Crippen molar-refractivity contribution in [2.45, 2.75) is 64.2 Å². The molecule has 18 heavy (non-hydrogen) atoms. The second kappa shape index (κ2) is 5.00. The lowest BCUT2D eigenvalue weighted by Gasteiger charge is -2.21. The molecule has 0 unspecified atom stereocenters. The van der Waals surface area contributed by atoms with E-state index in [1.807, 2.05) is 20.8 Å². The van der Waals surface area contributed by atoms with Crippen molar-refractivity contribution >= 4 is 17.3 Å². The van der Waals surface area contributed by atoms with Gasteiger partial charge in [-0.2, -0.15) is 0 Å². The van der Waals surface area contributed by atoms with Crippen molar-refractivity contribution in [1.82, 2.24) is 4.98 Å². The predicted molar refractivity (Wildman–Crippen MR) is 73.3 cm³/mol. The van der Waals surface area contributed by atoms with Gasteiger partial charge in [0.05, 0.1) is 17.1 Å². The van der Waals surface area contributed by atoms with E-state index in [4.69, 9.17) is 10.1 Å². The molecule has 100 valence electrons. The van der Waals surface area contributed by atoms with Crippen LogP contribution in [0.15, 0.2) is 0 Å². The number of hydrogen-bond acceptors (Lipinski definition) is 3. The van der Waals surface area contributed by atoms with Gasteiger partial charge < -0.3 is 5.11 Å². The first kappa shape index (κ1) is 13.5. The van der Waals surface area contributed by atoms with Crippen molar-refractivity contribution in [3.8, 4) is 0 Å². The highest BCUT2D eigenvalue weighted by Crippen LogP contribution is 2.41. The number of hydrogen-bond donors (Lipinski definition) is 1. The molecule has 0 aromatic carbocycles. The van der Waals surface area contributed by atoms with Crippen LogP contribution < -0.4 is 0 Å². The average molecular weight is 267 g/mol. The Morgan fingerprint density at radius 2 is 2.06 bits per heavy atom. The summed E-state index contributed by atoms with van der Waals surface area (Å²) < 4.78 is 0. The SMILES string of the molecule is Cc1nc(C2CCCC2)sc1C(C)(C)CC(=O)O. The molecule has 0 bridgehead atoms. The first-order valence-electron chi connectivity index (χ1n) is 6.60. The second-order valence-electron chi connectivity index (χ2n) is 5.90. The predicted octanol–water partition coefficient (Wildman–Crippen LogP) is 3.86. The number of rotatable bonds is 4. The lowest BCUT2D eigenvalue weighted by Crippen LogP contribution is -2.21. The molecule has 0 saturated heterocycles. The lowest BCUT2D eigenvalue weighted by atomic mass is 9.87. The Balaban J connectivity index is 2.25. The minimum Gasteiger partial charge on any atom is -0.481 e. The summed E-state index contributed by atoms with van der Waals surface area (Å²) in [5.41, 5.74) is 0.706. The Labute approximate surface area is 112 Å². The minimum atomic E-state index is -0.741. The Kier molecular flexibility index (Phi) is 3.76. The molecule has 1 heterocycles. The van der Waals surface area contributed by atoms with Crippen LogP contribution >= 0.6 is 11.3 Å². The molecule has 1 aliphatic rings. The maximum atomic E-state index is 10.9. The number of carboxylic acids is 1. The van der Waals surface area contributed by atoms with Gasteiger partial charge in [0, 0.05) is 16.2 Å². The van der Waals surface area contributed by atoms with E-state index in [-0.39, 0.29) is 11.8 Å². The average Bonchev–Trinajstić information content (AvgIpc) is 2.82. The molecular weight excluding hydrogens is 246 g/mol. The van der Waals surface area contributed by atoms with Crippen molar-refractivity contribution in [2.75, 3.05) is 0 Å². The highest BCUT2D eigenvalue weighted by atomic mass is 32.1. The molecule has 1 N–H and O–H groups in total. The summed E-state index contributed by atoms with van der Waals surface area (Å²) in [5, 5.41) is 10.2. The van der Waals surface area contributed by atoms with Crippen LogP contribution in [0.25, 0.3) is 0 Å². The van der Waals surface area contributed by atoms with E-state index in [2.05, 4.69) is 0 Å². The number of aliphatic carboxylic acids is 1. The molecule has 1 fully saturated rings. The number of carbonyl (C=O) groups is 1. The van der Waals surface area contributed by atoms with E-state index in [1.165, 1.54) is 30.7 Å². The molecule has 0 aliphatic heterocycles. The Bertz CT molecular complexity index is 445. The first-order valence-corrected chi connectivity index (χ1v) is 7.41. The maximum Gasteiger partial charge on any atom is 0.304 e. The van der Waals surface area contributed by atoms with Crippen LogP contribution in [0.1, 0.15) is 67.4 Å². The van der Waals surface area contributed by atoms with Crippen molar-refractivity contribution < 1.29 is 9.90 Å². The third-order valence-corrected chi connectivity index (χ3v) is 5.41.